The zero-order valence-electron chi connectivity index (χ0n) is 15.5. The number of likely N-dealkylation sites (N-methyl/N-ethyl adjacent to an activating group) is 1. The van der Waals surface area contributed by atoms with E-state index in [4.69, 9.17) is 21.1 Å². The molecule has 0 spiro atoms. The Bertz CT molecular complexity index is 904. The lowest BCUT2D eigenvalue weighted by molar-refractivity contribution is -0.121. The number of rotatable bonds is 6. The van der Waals surface area contributed by atoms with Gasteiger partial charge >= 0.3 is 0 Å². The van der Waals surface area contributed by atoms with Crippen LogP contribution in [0, 0.1) is 0 Å². The number of hydrogen-bond acceptors (Lipinski definition) is 4. The van der Waals surface area contributed by atoms with Gasteiger partial charge in [-0.3, -0.25) is 9.69 Å². The fourth-order valence-corrected chi connectivity index (χ4v) is 2.90. The largest absolute Gasteiger partial charge is 0.490 e. The van der Waals surface area contributed by atoms with E-state index in [1.165, 1.54) is 4.90 Å². The molecule has 6 heteroatoms. The van der Waals surface area contributed by atoms with E-state index in [1.54, 1.807) is 25.3 Å². The van der Waals surface area contributed by atoms with Gasteiger partial charge < -0.3 is 9.47 Å². The number of nitrogens with zero attached hydrogens (tertiary/aromatic N) is 2. The van der Waals surface area contributed by atoms with Crippen LogP contribution >= 0.6 is 11.6 Å². The molecule has 2 aromatic carbocycles. The van der Waals surface area contributed by atoms with Crippen molar-refractivity contribution in [3.05, 3.63) is 64.3 Å². The summed E-state index contributed by atoms with van der Waals surface area (Å²) in [7, 11) is 1.71. The van der Waals surface area contributed by atoms with Crippen molar-refractivity contribution in [2.75, 3.05) is 20.3 Å². The second-order valence-electron chi connectivity index (χ2n) is 5.91. The monoisotopic (exact) mass is 384 g/mol. The second kappa shape index (κ2) is 8.27. The highest BCUT2D eigenvalue weighted by molar-refractivity contribution is 6.30. The molecule has 2 aromatic rings. The number of amides is 1. The maximum atomic E-state index is 12.6. The SMILES string of the molecule is CCOc1ccc(C=C2N=C(c3ccc(Cl)cc3)N(C)C2=O)cc1OCC. The molecule has 1 aliphatic heterocycles. The smallest absolute Gasteiger partial charge is 0.277 e. The summed E-state index contributed by atoms with van der Waals surface area (Å²) >= 11 is 5.94. The summed E-state index contributed by atoms with van der Waals surface area (Å²) in [5, 5.41) is 0.639. The number of carbonyl (C=O) groups excluding carboxylic acids is 1. The fraction of sp³-hybridized carbons (Fsp3) is 0.238. The molecule has 140 valence electrons. The normalized spacial score (nSPS) is 15.3. The average Bonchev–Trinajstić information content (AvgIpc) is 2.93. The molecule has 1 aliphatic rings. The molecule has 0 saturated carbocycles. The minimum atomic E-state index is -0.160. The van der Waals surface area contributed by atoms with E-state index in [0.29, 0.717) is 41.3 Å². The summed E-state index contributed by atoms with van der Waals surface area (Å²) in [6.45, 7) is 4.92. The van der Waals surface area contributed by atoms with Crippen molar-refractivity contribution < 1.29 is 14.3 Å². The highest BCUT2D eigenvalue weighted by Crippen LogP contribution is 2.30. The second-order valence-corrected chi connectivity index (χ2v) is 6.34. The zero-order chi connectivity index (χ0) is 19.4. The lowest BCUT2D eigenvalue weighted by Gasteiger charge is -2.12. The van der Waals surface area contributed by atoms with Crippen LogP contribution < -0.4 is 9.47 Å². The van der Waals surface area contributed by atoms with Gasteiger partial charge in [-0.2, -0.15) is 0 Å². The summed E-state index contributed by atoms with van der Waals surface area (Å²) < 4.78 is 11.2. The van der Waals surface area contributed by atoms with Gasteiger partial charge in [0, 0.05) is 17.6 Å². The van der Waals surface area contributed by atoms with Crippen LogP contribution in [0.3, 0.4) is 0 Å². The van der Waals surface area contributed by atoms with Crippen molar-refractivity contribution in [3.63, 3.8) is 0 Å². The Hall–Kier alpha value is -2.79. The first-order chi connectivity index (χ1) is 13.0. The van der Waals surface area contributed by atoms with Crippen LogP contribution in [0.1, 0.15) is 25.0 Å². The number of halogens is 1. The first-order valence-electron chi connectivity index (χ1n) is 8.77. The molecule has 1 heterocycles. The summed E-state index contributed by atoms with van der Waals surface area (Å²) in [6, 6.07) is 12.8. The molecule has 0 atom stereocenters. The number of benzene rings is 2. The first-order valence-corrected chi connectivity index (χ1v) is 9.15. The number of amidine groups is 1. The molecule has 3 rings (SSSR count). The molecule has 0 aliphatic carbocycles. The zero-order valence-corrected chi connectivity index (χ0v) is 16.3. The highest BCUT2D eigenvalue weighted by atomic mass is 35.5. The molecular weight excluding hydrogens is 364 g/mol. The van der Waals surface area contributed by atoms with Gasteiger partial charge in [-0.15, -0.1) is 0 Å². The van der Waals surface area contributed by atoms with Gasteiger partial charge in [0.05, 0.1) is 13.2 Å². The van der Waals surface area contributed by atoms with Gasteiger partial charge in [-0.1, -0.05) is 17.7 Å². The predicted octanol–water partition coefficient (Wildman–Crippen LogP) is 4.40. The van der Waals surface area contributed by atoms with Crippen molar-refractivity contribution in [1.29, 1.82) is 0 Å². The molecule has 0 fully saturated rings. The topological polar surface area (TPSA) is 51.1 Å². The minimum Gasteiger partial charge on any atom is -0.490 e. The molecule has 5 nitrogen and oxygen atoms in total. The van der Waals surface area contributed by atoms with Crippen molar-refractivity contribution >= 4 is 29.4 Å². The maximum Gasteiger partial charge on any atom is 0.277 e. The van der Waals surface area contributed by atoms with Crippen LogP contribution in [-0.2, 0) is 4.79 Å². The Kier molecular flexibility index (Phi) is 5.81. The number of hydrogen-bond donors (Lipinski definition) is 0. The van der Waals surface area contributed by atoms with Gasteiger partial charge in [-0.25, -0.2) is 4.99 Å². The van der Waals surface area contributed by atoms with Gasteiger partial charge in [0.1, 0.15) is 11.5 Å². The van der Waals surface area contributed by atoms with E-state index < -0.39 is 0 Å². The van der Waals surface area contributed by atoms with Gasteiger partial charge in [0.2, 0.25) is 0 Å². The van der Waals surface area contributed by atoms with Crippen LogP contribution in [0.2, 0.25) is 5.02 Å². The first kappa shape index (κ1) is 19.0. The Morgan fingerprint density at radius 2 is 1.70 bits per heavy atom. The summed E-state index contributed by atoms with van der Waals surface area (Å²) in [4.78, 5) is 18.7. The number of ether oxygens (including phenoxy) is 2. The van der Waals surface area contributed by atoms with E-state index in [9.17, 15) is 4.79 Å². The minimum absolute atomic E-state index is 0.160. The molecule has 0 N–H and O–H groups in total. The van der Waals surface area contributed by atoms with Crippen molar-refractivity contribution in [2.45, 2.75) is 13.8 Å². The molecule has 1 amide bonds. The maximum absolute atomic E-state index is 12.6. The van der Waals surface area contributed by atoms with E-state index in [1.807, 2.05) is 44.2 Å². The van der Waals surface area contributed by atoms with Gasteiger partial charge in [-0.05, 0) is 61.9 Å². The Balaban J connectivity index is 1.95. The van der Waals surface area contributed by atoms with Gasteiger partial charge in [0.25, 0.3) is 5.91 Å². The summed E-state index contributed by atoms with van der Waals surface area (Å²) in [6.07, 6.45) is 1.75. The summed E-state index contributed by atoms with van der Waals surface area (Å²) in [5.74, 6) is 1.77. The molecule has 0 saturated heterocycles. The average molecular weight is 385 g/mol. The van der Waals surface area contributed by atoms with E-state index in [-0.39, 0.29) is 5.91 Å². The van der Waals surface area contributed by atoms with E-state index in [0.717, 1.165) is 11.1 Å². The Morgan fingerprint density at radius 1 is 1.04 bits per heavy atom. The van der Waals surface area contributed by atoms with Crippen LogP contribution in [-0.4, -0.2) is 36.9 Å². The predicted molar refractivity (Wildman–Crippen MR) is 108 cm³/mol. The van der Waals surface area contributed by atoms with Crippen LogP contribution in [0.4, 0.5) is 0 Å². The molecule has 0 unspecified atom stereocenters. The van der Waals surface area contributed by atoms with E-state index in [2.05, 4.69) is 4.99 Å². The lowest BCUT2D eigenvalue weighted by atomic mass is 10.1. The lowest BCUT2D eigenvalue weighted by Crippen LogP contribution is -2.28. The van der Waals surface area contributed by atoms with Crippen molar-refractivity contribution in [2.24, 2.45) is 4.99 Å². The van der Waals surface area contributed by atoms with Gasteiger partial charge in [0.15, 0.2) is 11.5 Å². The number of carbonyl (C=O) groups is 1. The molecular formula is C21H21ClN2O3. The highest BCUT2D eigenvalue weighted by Gasteiger charge is 2.27. The third kappa shape index (κ3) is 4.14. The van der Waals surface area contributed by atoms with Crippen molar-refractivity contribution in [3.8, 4) is 11.5 Å². The summed E-state index contributed by atoms with van der Waals surface area (Å²) in [5.41, 5.74) is 2.02. The Labute approximate surface area is 163 Å². The van der Waals surface area contributed by atoms with E-state index >= 15 is 0 Å². The third-order valence-corrected chi connectivity index (χ3v) is 4.29. The van der Waals surface area contributed by atoms with Crippen molar-refractivity contribution in [1.82, 2.24) is 4.90 Å². The molecule has 0 radical (unpaired) electrons. The van der Waals surface area contributed by atoms with Crippen LogP contribution in [0.25, 0.3) is 6.08 Å². The third-order valence-electron chi connectivity index (χ3n) is 4.04. The van der Waals surface area contributed by atoms with Crippen LogP contribution in [0.5, 0.6) is 11.5 Å². The number of aliphatic imine (C=N–C) groups is 1. The van der Waals surface area contributed by atoms with Crippen LogP contribution in [0.15, 0.2) is 53.2 Å². The molecule has 27 heavy (non-hydrogen) atoms. The molecule has 0 bridgehead atoms. The Morgan fingerprint density at radius 3 is 2.37 bits per heavy atom. The standard InChI is InChI=1S/C21H21ClN2O3/c1-4-26-18-11-6-14(13-19(18)27-5-2)12-17-21(25)24(3)20(23-17)15-7-9-16(22)10-8-15/h6-13H,4-5H2,1-3H3. The molecule has 0 aromatic heterocycles. The fourth-order valence-electron chi connectivity index (χ4n) is 2.77. The quantitative estimate of drug-likeness (QED) is 0.694.